The normalized spacial score (nSPS) is 13.3. The van der Waals surface area contributed by atoms with Gasteiger partial charge in [-0.05, 0) is 48.0 Å². The number of benzene rings is 8. The lowest BCUT2D eigenvalue weighted by atomic mass is 9.98. The Bertz CT molecular complexity index is 3820. The van der Waals surface area contributed by atoms with Crippen LogP contribution in [0.4, 0.5) is 0 Å². The molecule has 0 aliphatic carbocycles. The molecule has 12 rings (SSSR count). The molecular formula is C51H30N4O2. The first-order valence-electron chi connectivity index (χ1n) is 21.5. The van der Waals surface area contributed by atoms with Crippen LogP contribution < -0.4 is 0 Å². The van der Waals surface area contributed by atoms with E-state index in [-0.39, 0.29) is 63.9 Å². The molecule has 4 aromatic heterocycles. The van der Waals surface area contributed by atoms with Crippen molar-refractivity contribution in [1.29, 1.82) is 0 Å². The summed E-state index contributed by atoms with van der Waals surface area (Å²) in [5.74, 6) is 1.06. The van der Waals surface area contributed by atoms with E-state index in [1.54, 1.807) is 4.57 Å². The Morgan fingerprint density at radius 2 is 1.04 bits per heavy atom. The molecule has 0 aliphatic rings. The van der Waals surface area contributed by atoms with Crippen LogP contribution in [0, 0.1) is 0 Å². The van der Waals surface area contributed by atoms with Gasteiger partial charge in [0.25, 0.3) is 0 Å². The lowest BCUT2D eigenvalue weighted by Gasteiger charge is -2.16. The molecule has 57 heavy (non-hydrogen) atoms. The SMILES string of the molecule is [2H]c1cc([2H])c2c(c1[2H])c1c([2H])c([2H])cc([2H])c1n2-c1ccc(-c2cccc3c2oc2ccccc23)cc1-c1nc(-c2ccccc2)nc(-c2cccc3oc4ccccc4c23)n1. The molecule has 0 N–H and O–H groups in total. The molecule has 0 amide bonds. The highest BCUT2D eigenvalue weighted by Crippen LogP contribution is 2.42. The third-order valence-electron chi connectivity index (χ3n) is 10.6. The van der Waals surface area contributed by atoms with Gasteiger partial charge >= 0.3 is 0 Å². The van der Waals surface area contributed by atoms with E-state index >= 15 is 0 Å². The highest BCUT2D eigenvalue weighted by Gasteiger charge is 2.23. The lowest BCUT2D eigenvalue weighted by molar-refractivity contribution is 0.669. The third kappa shape index (κ3) is 4.87. The van der Waals surface area contributed by atoms with Crippen molar-refractivity contribution in [2.45, 2.75) is 0 Å². The molecule has 0 spiro atoms. The van der Waals surface area contributed by atoms with Crippen LogP contribution >= 0.6 is 0 Å². The summed E-state index contributed by atoms with van der Waals surface area (Å²) in [6.07, 6.45) is 0. The summed E-state index contributed by atoms with van der Waals surface area (Å²) in [7, 11) is 0. The Morgan fingerprint density at radius 3 is 1.82 bits per heavy atom. The predicted molar refractivity (Wildman–Crippen MR) is 230 cm³/mol. The van der Waals surface area contributed by atoms with Crippen LogP contribution in [0.2, 0.25) is 0 Å². The van der Waals surface area contributed by atoms with Crippen molar-refractivity contribution in [3.8, 4) is 51.0 Å². The molecule has 0 bridgehead atoms. The van der Waals surface area contributed by atoms with Gasteiger partial charge in [0.2, 0.25) is 0 Å². The number of nitrogens with zero attached hydrogens (tertiary/aromatic N) is 4. The Morgan fingerprint density at radius 1 is 0.421 bits per heavy atom. The van der Waals surface area contributed by atoms with Crippen molar-refractivity contribution in [1.82, 2.24) is 19.5 Å². The fourth-order valence-electron chi connectivity index (χ4n) is 8.10. The minimum atomic E-state index is -0.202. The monoisotopic (exact) mass is 736 g/mol. The first-order valence-corrected chi connectivity index (χ1v) is 18.5. The molecule has 0 radical (unpaired) electrons. The lowest BCUT2D eigenvalue weighted by Crippen LogP contribution is -2.04. The van der Waals surface area contributed by atoms with E-state index in [4.69, 9.17) is 29.3 Å². The molecule has 266 valence electrons. The maximum atomic E-state index is 9.28. The molecule has 6 nitrogen and oxygen atoms in total. The second-order valence-corrected chi connectivity index (χ2v) is 13.9. The fourth-order valence-corrected chi connectivity index (χ4v) is 8.10. The zero-order valence-corrected chi connectivity index (χ0v) is 30.0. The van der Waals surface area contributed by atoms with Gasteiger partial charge in [0.05, 0.1) is 24.9 Å². The predicted octanol–water partition coefficient (Wildman–Crippen LogP) is 13.4. The molecule has 8 aromatic carbocycles. The topological polar surface area (TPSA) is 69.9 Å². The third-order valence-corrected chi connectivity index (χ3v) is 10.6. The molecular weight excluding hydrogens is 701 g/mol. The van der Waals surface area contributed by atoms with Gasteiger partial charge in [-0.25, -0.2) is 15.0 Å². The summed E-state index contributed by atoms with van der Waals surface area (Å²) in [6, 6.07) is 44.6. The number of rotatable bonds is 5. The number of fused-ring (bicyclic) bond motifs is 9. The average molecular weight is 737 g/mol. The molecule has 0 saturated heterocycles. The molecule has 0 unspecified atom stereocenters. The average Bonchev–Trinajstić information content (AvgIpc) is 4.01. The number of hydrogen-bond donors (Lipinski definition) is 0. The van der Waals surface area contributed by atoms with Crippen LogP contribution in [-0.2, 0) is 0 Å². The molecule has 0 atom stereocenters. The Kier molecular flexibility index (Phi) is 5.64. The maximum absolute atomic E-state index is 9.28. The second kappa shape index (κ2) is 12.3. The number of para-hydroxylation sites is 5. The van der Waals surface area contributed by atoms with Gasteiger partial charge in [0.15, 0.2) is 17.5 Å². The summed E-state index contributed by atoms with van der Waals surface area (Å²) in [5.41, 5.74) is 7.30. The minimum Gasteiger partial charge on any atom is -0.456 e. The number of hydrogen-bond acceptors (Lipinski definition) is 5. The number of furan rings is 2. The molecule has 0 aliphatic heterocycles. The van der Waals surface area contributed by atoms with E-state index in [0.29, 0.717) is 34.1 Å². The van der Waals surface area contributed by atoms with E-state index in [1.165, 1.54) is 12.1 Å². The fraction of sp³-hybridized carbons (Fsp3) is 0. The van der Waals surface area contributed by atoms with Gasteiger partial charge in [-0.3, -0.25) is 0 Å². The summed E-state index contributed by atoms with van der Waals surface area (Å²) in [5, 5.41) is 3.99. The van der Waals surface area contributed by atoms with Crippen molar-refractivity contribution in [2.75, 3.05) is 0 Å². The Labute approximate surface area is 334 Å². The largest absolute Gasteiger partial charge is 0.456 e. The van der Waals surface area contributed by atoms with Crippen LogP contribution in [0.15, 0.2) is 191 Å². The Balaban J connectivity index is 1.23. The standard InChI is InChI=1S/C51H30N4O2/c1-2-14-31(15-3-1)49-52-50(39-22-13-27-46-47(39)38-19-7-11-26-45(38)56-46)54-51(53-49)40-30-32(33-20-12-21-37-36-18-6-10-25-44(36)57-48(33)37)28-29-43(40)55-41-23-8-4-16-34(41)35-17-5-9-24-42(35)55/h1-30H/i4D,5D,16D,17D,23D,24D. The van der Waals surface area contributed by atoms with Crippen molar-refractivity contribution < 1.29 is 17.1 Å². The van der Waals surface area contributed by atoms with Crippen LogP contribution in [0.5, 0.6) is 0 Å². The van der Waals surface area contributed by atoms with Crippen LogP contribution in [0.3, 0.4) is 0 Å². The van der Waals surface area contributed by atoms with Gasteiger partial charge in [0.1, 0.15) is 22.3 Å². The molecule has 12 aromatic rings. The second-order valence-electron chi connectivity index (χ2n) is 13.9. The van der Waals surface area contributed by atoms with Crippen molar-refractivity contribution in [2.24, 2.45) is 0 Å². The van der Waals surface area contributed by atoms with Crippen LogP contribution in [0.1, 0.15) is 8.22 Å². The quantitative estimate of drug-likeness (QED) is 0.176. The minimum absolute atomic E-state index is 0.0746. The van der Waals surface area contributed by atoms with Gasteiger partial charge in [-0.15, -0.1) is 0 Å². The molecule has 4 heterocycles. The van der Waals surface area contributed by atoms with E-state index in [2.05, 4.69) is 0 Å². The van der Waals surface area contributed by atoms with Crippen molar-refractivity contribution >= 4 is 65.7 Å². The smallest absolute Gasteiger partial charge is 0.166 e. The number of aromatic nitrogens is 4. The van der Waals surface area contributed by atoms with E-state index in [1.807, 2.05) is 133 Å². The summed E-state index contributed by atoms with van der Waals surface area (Å²) >= 11 is 0. The first kappa shape index (κ1) is 26.1. The summed E-state index contributed by atoms with van der Waals surface area (Å²) in [4.78, 5) is 15.6. The molecule has 0 saturated carbocycles. The zero-order chi connectivity index (χ0) is 42.7. The molecule has 6 heteroatoms. The zero-order valence-electron chi connectivity index (χ0n) is 36.0. The first-order chi connectivity index (χ1) is 30.7. The van der Waals surface area contributed by atoms with Crippen LogP contribution in [-0.4, -0.2) is 19.5 Å². The van der Waals surface area contributed by atoms with Crippen molar-refractivity contribution in [3.63, 3.8) is 0 Å². The van der Waals surface area contributed by atoms with Crippen LogP contribution in [0.25, 0.3) is 117 Å². The van der Waals surface area contributed by atoms with Gasteiger partial charge in [0, 0.05) is 54.6 Å². The summed E-state index contributed by atoms with van der Waals surface area (Å²) in [6.45, 7) is 0. The van der Waals surface area contributed by atoms with Gasteiger partial charge < -0.3 is 13.4 Å². The van der Waals surface area contributed by atoms with Crippen molar-refractivity contribution in [3.05, 3.63) is 182 Å². The summed E-state index contributed by atoms with van der Waals surface area (Å²) < 4.78 is 68.5. The highest BCUT2D eigenvalue weighted by molar-refractivity contribution is 6.13. The highest BCUT2D eigenvalue weighted by atomic mass is 16.3. The molecule has 0 fully saturated rings. The van der Waals surface area contributed by atoms with E-state index in [0.717, 1.165) is 55.0 Å². The Hall–Kier alpha value is -7.83. The maximum Gasteiger partial charge on any atom is 0.166 e. The van der Waals surface area contributed by atoms with E-state index < -0.39 is 0 Å². The van der Waals surface area contributed by atoms with Gasteiger partial charge in [-0.1, -0.05) is 139 Å². The van der Waals surface area contributed by atoms with Gasteiger partial charge in [-0.2, -0.15) is 0 Å². The van der Waals surface area contributed by atoms with E-state index in [9.17, 15) is 2.74 Å².